The fourth-order valence-electron chi connectivity index (χ4n) is 1.83. The van der Waals surface area contributed by atoms with Gasteiger partial charge in [0.1, 0.15) is 0 Å². The zero-order chi connectivity index (χ0) is 13.4. The first-order valence-electron chi connectivity index (χ1n) is 5.36. The number of carbonyl (C=O) groups excluding carboxylic acids is 3. The van der Waals surface area contributed by atoms with Gasteiger partial charge in [0, 0.05) is 0 Å². The lowest BCUT2D eigenvalue weighted by Crippen LogP contribution is -2.42. The monoisotopic (exact) mass is 248 g/mol. The topological polar surface area (TPSA) is 101 Å². The lowest BCUT2D eigenvalue weighted by Gasteiger charge is -2.15. The first-order chi connectivity index (χ1) is 8.41. The van der Waals surface area contributed by atoms with E-state index in [1.54, 1.807) is 25.1 Å². The van der Waals surface area contributed by atoms with Crippen LogP contribution in [0.25, 0.3) is 0 Å². The van der Waals surface area contributed by atoms with Crippen LogP contribution in [0, 0.1) is 6.92 Å². The molecule has 1 aliphatic heterocycles. The summed E-state index contributed by atoms with van der Waals surface area (Å²) in [5.74, 6) is -2.00. The largest absolute Gasteiger partial charge is 0.381 e. The summed E-state index contributed by atoms with van der Waals surface area (Å²) in [5.41, 5.74) is 6.32. The normalized spacial score (nSPS) is 15.8. The Labute approximate surface area is 103 Å². The highest BCUT2D eigenvalue weighted by Gasteiger charge is 2.37. The molecule has 18 heavy (non-hydrogen) atoms. The van der Waals surface area contributed by atoms with Crippen LogP contribution in [0.4, 0.5) is 0 Å². The van der Waals surface area contributed by atoms with E-state index in [-0.39, 0.29) is 11.1 Å². The summed E-state index contributed by atoms with van der Waals surface area (Å²) in [6, 6.07) is 4.88. The fraction of sp³-hybridized carbons (Fsp3) is 0.250. The molecule has 3 N–H and O–H groups in total. The molecule has 0 bridgehead atoms. The SMILES string of the molecule is Cc1ccc2c(c1)C(=O)N(CC(O)C(N)=O)C2=O. The van der Waals surface area contributed by atoms with Crippen LogP contribution in [-0.2, 0) is 4.79 Å². The third kappa shape index (κ3) is 1.86. The van der Waals surface area contributed by atoms with Crippen molar-refractivity contribution in [2.75, 3.05) is 6.54 Å². The van der Waals surface area contributed by atoms with Crippen LogP contribution in [0.1, 0.15) is 26.3 Å². The zero-order valence-corrected chi connectivity index (χ0v) is 9.71. The molecule has 94 valence electrons. The van der Waals surface area contributed by atoms with Crippen LogP contribution in [0.5, 0.6) is 0 Å². The molecule has 0 fully saturated rings. The molecule has 1 unspecified atom stereocenters. The highest BCUT2D eigenvalue weighted by atomic mass is 16.3. The van der Waals surface area contributed by atoms with Crippen LogP contribution in [-0.4, -0.2) is 40.4 Å². The molecule has 1 heterocycles. The predicted octanol–water partition coefficient (Wildman–Crippen LogP) is -0.563. The molecule has 1 aromatic carbocycles. The van der Waals surface area contributed by atoms with Crippen molar-refractivity contribution >= 4 is 17.7 Å². The quantitative estimate of drug-likeness (QED) is 0.700. The number of imide groups is 1. The molecule has 0 saturated carbocycles. The van der Waals surface area contributed by atoms with E-state index in [1.807, 2.05) is 0 Å². The van der Waals surface area contributed by atoms with Gasteiger partial charge in [-0.3, -0.25) is 19.3 Å². The number of primary amides is 1. The van der Waals surface area contributed by atoms with Crippen molar-refractivity contribution in [3.05, 3.63) is 34.9 Å². The van der Waals surface area contributed by atoms with E-state index in [0.717, 1.165) is 10.5 Å². The van der Waals surface area contributed by atoms with Gasteiger partial charge in [0.2, 0.25) is 5.91 Å². The number of hydrogen-bond donors (Lipinski definition) is 2. The molecule has 1 aromatic rings. The Morgan fingerprint density at radius 1 is 1.33 bits per heavy atom. The molecule has 2 rings (SSSR count). The smallest absolute Gasteiger partial charge is 0.261 e. The first kappa shape index (κ1) is 12.3. The number of aryl methyl sites for hydroxylation is 1. The van der Waals surface area contributed by atoms with Crippen molar-refractivity contribution < 1.29 is 19.5 Å². The number of benzene rings is 1. The predicted molar refractivity (Wildman–Crippen MR) is 61.7 cm³/mol. The average Bonchev–Trinajstić information content (AvgIpc) is 2.54. The Hall–Kier alpha value is -2.21. The van der Waals surface area contributed by atoms with Gasteiger partial charge in [0.05, 0.1) is 17.7 Å². The van der Waals surface area contributed by atoms with E-state index in [4.69, 9.17) is 5.73 Å². The average molecular weight is 248 g/mol. The van der Waals surface area contributed by atoms with Crippen LogP contribution in [0.2, 0.25) is 0 Å². The van der Waals surface area contributed by atoms with E-state index in [9.17, 15) is 19.5 Å². The Balaban J connectivity index is 2.31. The minimum absolute atomic E-state index is 0.280. The maximum Gasteiger partial charge on any atom is 0.261 e. The summed E-state index contributed by atoms with van der Waals surface area (Å²) in [5, 5.41) is 9.34. The van der Waals surface area contributed by atoms with Crippen LogP contribution in [0.15, 0.2) is 18.2 Å². The Morgan fingerprint density at radius 3 is 2.56 bits per heavy atom. The number of aliphatic hydroxyl groups is 1. The minimum Gasteiger partial charge on any atom is -0.381 e. The van der Waals surface area contributed by atoms with E-state index in [0.29, 0.717) is 0 Å². The summed E-state index contributed by atoms with van der Waals surface area (Å²) >= 11 is 0. The van der Waals surface area contributed by atoms with Gasteiger partial charge in [-0.1, -0.05) is 11.6 Å². The van der Waals surface area contributed by atoms with Gasteiger partial charge in [-0.25, -0.2) is 0 Å². The van der Waals surface area contributed by atoms with Crippen molar-refractivity contribution in [3.63, 3.8) is 0 Å². The highest BCUT2D eigenvalue weighted by Crippen LogP contribution is 2.23. The number of nitrogens with zero attached hydrogens (tertiary/aromatic N) is 1. The van der Waals surface area contributed by atoms with Gasteiger partial charge in [0.15, 0.2) is 6.10 Å². The number of rotatable bonds is 3. The third-order valence-electron chi connectivity index (χ3n) is 2.81. The van der Waals surface area contributed by atoms with Crippen molar-refractivity contribution in [1.82, 2.24) is 4.90 Å². The van der Waals surface area contributed by atoms with Crippen LogP contribution >= 0.6 is 0 Å². The van der Waals surface area contributed by atoms with Gasteiger partial charge in [-0.15, -0.1) is 0 Å². The second-order valence-electron chi connectivity index (χ2n) is 4.19. The number of fused-ring (bicyclic) bond motifs is 1. The Bertz CT molecular complexity index is 553. The summed E-state index contributed by atoms with van der Waals surface area (Å²) in [6.07, 6.45) is -1.55. The molecular formula is C12H12N2O4. The number of β-amino-alcohol motifs (C(OH)–C–C–N with tert-alkyl or cyclic N) is 1. The standard InChI is InChI=1S/C12H12N2O4/c1-6-2-3-7-8(4-6)12(18)14(11(7)17)5-9(15)10(13)16/h2-4,9,15H,5H2,1H3,(H2,13,16). The number of nitrogens with two attached hydrogens (primary N) is 1. The molecule has 0 aliphatic carbocycles. The molecule has 0 aromatic heterocycles. The van der Waals surface area contributed by atoms with Crippen molar-refractivity contribution in [2.24, 2.45) is 5.73 Å². The molecule has 0 spiro atoms. The molecule has 1 atom stereocenters. The second kappa shape index (κ2) is 4.23. The number of aliphatic hydroxyl groups excluding tert-OH is 1. The molecule has 3 amide bonds. The highest BCUT2D eigenvalue weighted by molar-refractivity contribution is 6.21. The van der Waals surface area contributed by atoms with E-state index in [2.05, 4.69) is 0 Å². The summed E-state index contributed by atoms with van der Waals surface area (Å²) < 4.78 is 0. The number of carbonyl (C=O) groups is 3. The lowest BCUT2D eigenvalue weighted by molar-refractivity contribution is -0.126. The lowest BCUT2D eigenvalue weighted by atomic mass is 10.1. The summed E-state index contributed by atoms with van der Waals surface area (Å²) in [4.78, 5) is 35.5. The van der Waals surface area contributed by atoms with Gasteiger partial charge in [-0.2, -0.15) is 0 Å². The molecule has 0 radical (unpaired) electrons. The molecule has 6 nitrogen and oxygen atoms in total. The fourth-order valence-corrected chi connectivity index (χ4v) is 1.83. The molecular weight excluding hydrogens is 236 g/mol. The Morgan fingerprint density at radius 2 is 1.94 bits per heavy atom. The van der Waals surface area contributed by atoms with E-state index < -0.39 is 30.4 Å². The maximum absolute atomic E-state index is 12.0. The molecule has 6 heteroatoms. The first-order valence-corrected chi connectivity index (χ1v) is 5.36. The van der Waals surface area contributed by atoms with E-state index in [1.165, 1.54) is 0 Å². The second-order valence-corrected chi connectivity index (χ2v) is 4.19. The third-order valence-corrected chi connectivity index (χ3v) is 2.81. The van der Waals surface area contributed by atoms with Crippen LogP contribution < -0.4 is 5.73 Å². The van der Waals surface area contributed by atoms with Gasteiger partial charge in [-0.05, 0) is 19.1 Å². The summed E-state index contributed by atoms with van der Waals surface area (Å²) in [6.45, 7) is 1.39. The summed E-state index contributed by atoms with van der Waals surface area (Å²) in [7, 11) is 0. The van der Waals surface area contributed by atoms with Crippen LogP contribution in [0.3, 0.4) is 0 Å². The zero-order valence-electron chi connectivity index (χ0n) is 9.71. The van der Waals surface area contributed by atoms with Crippen molar-refractivity contribution in [3.8, 4) is 0 Å². The molecule has 1 aliphatic rings. The maximum atomic E-state index is 12.0. The Kier molecular flexibility index (Phi) is 2.88. The van der Waals surface area contributed by atoms with Crippen molar-refractivity contribution in [1.29, 1.82) is 0 Å². The minimum atomic E-state index is -1.55. The van der Waals surface area contributed by atoms with E-state index >= 15 is 0 Å². The van der Waals surface area contributed by atoms with Gasteiger partial charge in [0.25, 0.3) is 11.8 Å². The number of hydrogen-bond acceptors (Lipinski definition) is 4. The number of amides is 3. The van der Waals surface area contributed by atoms with Gasteiger partial charge >= 0.3 is 0 Å². The van der Waals surface area contributed by atoms with Gasteiger partial charge < -0.3 is 10.8 Å². The van der Waals surface area contributed by atoms with Crippen molar-refractivity contribution in [2.45, 2.75) is 13.0 Å². The molecule has 0 saturated heterocycles.